The first-order valence-corrected chi connectivity index (χ1v) is 21.9. The number of rotatable bonds is 10. The molecule has 1 spiro atoms. The molecule has 9 atom stereocenters. The molecule has 9 rings (SSSR count). The van der Waals surface area contributed by atoms with E-state index in [4.69, 9.17) is 18.9 Å². The van der Waals surface area contributed by atoms with Crippen LogP contribution in [0.1, 0.15) is 89.1 Å². The highest BCUT2D eigenvalue weighted by Crippen LogP contribution is 2.68. The normalized spacial score (nSPS) is 33.8. The van der Waals surface area contributed by atoms with E-state index in [0.717, 1.165) is 71.5 Å². The lowest BCUT2D eigenvalue weighted by molar-refractivity contribution is -0.232. The van der Waals surface area contributed by atoms with Crippen molar-refractivity contribution in [1.29, 1.82) is 0 Å². The van der Waals surface area contributed by atoms with Gasteiger partial charge in [0, 0.05) is 97.9 Å². The zero-order valence-corrected chi connectivity index (χ0v) is 36.1. The Morgan fingerprint density at radius 2 is 1.82 bits per heavy atom. The van der Waals surface area contributed by atoms with E-state index in [1.165, 1.54) is 26.5 Å². The van der Waals surface area contributed by atoms with E-state index in [1.54, 1.807) is 0 Å². The molecule has 1 unspecified atom stereocenters. The molecule has 2 bridgehead atoms. The van der Waals surface area contributed by atoms with Crippen molar-refractivity contribution in [3.8, 4) is 5.75 Å². The molecule has 12 nitrogen and oxygen atoms in total. The average molecular weight is 821 g/mol. The first kappa shape index (κ1) is 40.7. The van der Waals surface area contributed by atoms with Gasteiger partial charge < -0.3 is 33.9 Å². The lowest BCUT2D eigenvalue weighted by Gasteiger charge is -2.64. The molecule has 6 heterocycles. The summed E-state index contributed by atoms with van der Waals surface area (Å²) in [4.78, 5) is 52.0. The first-order valence-electron chi connectivity index (χ1n) is 21.9. The Bertz CT molecular complexity index is 2300. The van der Waals surface area contributed by atoms with Gasteiger partial charge in [0.15, 0.2) is 5.60 Å². The highest BCUT2D eigenvalue weighted by molar-refractivity contribution is 5.94. The molecule has 1 aliphatic carbocycles. The number of nitrogens with zero attached hydrogens (tertiary/aromatic N) is 3. The number of esters is 3. The molecule has 2 aromatic carbocycles. The molecule has 1 saturated carbocycles. The molecule has 60 heavy (non-hydrogen) atoms. The van der Waals surface area contributed by atoms with Gasteiger partial charge in [-0.3, -0.25) is 24.2 Å². The Kier molecular flexibility index (Phi) is 10.0. The van der Waals surface area contributed by atoms with E-state index < -0.39 is 45.9 Å². The summed E-state index contributed by atoms with van der Waals surface area (Å²) in [6, 6.07) is 11.7. The number of H-pyrrole nitrogens is 1. The number of anilines is 1. The number of carbonyl (C=O) groups is 3. The molecule has 0 amide bonds. The minimum atomic E-state index is -1.84. The molecule has 1 aromatic heterocycles. The van der Waals surface area contributed by atoms with E-state index in [-0.39, 0.29) is 24.5 Å². The van der Waals surface area contributed by atoms with Crippen molar-refractivity contribution in [2.45, 2.75) is 108 Å². The predicted molar refractivity (Wildman–Crippen MR) is 228 cm³/mol. The standard InChI is InChI=1S/C48H60N4O8/c1-8-20-58-39-23-38-35(46-17-19-52-18-13-16-45(10-3,41(46)52)43(60-30(5)54)48(56,28-59-29(4)53)42(46)50(38)6)22-36(39)47(44(55)57-7)24-32-21-31(9-2)25-51(26-32)27-34-33-14-11-12-15-37(33)49-40(34)47/h11-16,21-23,32,41-43,49,56H,8-10,17-20,24-28H2,1-7H3/t32-,41-,42+,43+,45+,46+,47-,48-/m0/s1. The Balaban J connectivity index is 1.37. The number of methoxy groups -OCH3 is 1. The maximum absolute atomic E-state index is 15.4. The number of nitrogens with one attached hydrogen (secondary N) is 1. The fraction of sp³-hybridized carbons (Fsp3) is 0.562. The van der Waals surface area contributed by atoms with Crippen LogP contribution in [0.2, 0.25) is 0 Å². The number of ether oxygens (including phenoxy) is 4. The minimum Gasteiger partial charge on any atom is -0.493 e. The Labute approximate surface area is 352 Å². The van der Waals surface area contributed by atoms with Crippen molar-refractivity contribution in [2.75, 3.05) is 58.5 Å². The van der Waals surface area contributed by atoms with E-state index in [1.807, 2.05) is 13.1 Å². The molecular weight excluding hydrogens is 761 g/mol. The molecule has 12 heteroatoms. The van der Waals surface area contributed by atoms with Crippen molar-refractivity contribution in [3.05, 3.63) is 82.6 Å². The van der Waals surface area contributed by atoms with Gasteiger partial charge in [-0.2, -0.15) is 0 Å². The number of para-hydroxylation sites is 1. The van der Waals surface area contributed by atoms with Gasteiger partial charge in [-0.05, 0) is 67.8 Å². The molecule has 320 valence electrons. The Morgan fingerprint density at radius 1 is 1.02 bits per heavy atom. The predicted octanol–water partition coefficient (Wildman–Crippen LogP) is 5.92. The van der Waals surface area contributed by atoms with Gasteiger partial charge in [0.05, 0.1) is 19.8 Å². The molecule has 0 radical (unpaired) electrons. The van der Waals surface area contributed by atoms with Crippen LogP contribution in [0.15, 0.2) is 60.2 Å². The van der Waals surface area contributed by atoms with Crippen LogP contribution in [0.3, 0.4) is 0 Å². The highest BCUT2D eigenvalue weighted by atomic mass is 16.6. The van der Waals surface area contributed by atoms with Crippen molar-refractivity contribution in [1.82, 2.24) is 14.8 Å². The summed E-state index contributed by atoms with van der Waals surface area (Å²) >= 11 is 0. The SMILES string of the molecule is CCCOc1cc2c(cc1[C@@]1(C(=O)OC)C[C@@H]3C=C(CC)CN(Cc4c1[nH]c1ccccc41)C3)[C@@]13CCN4CC=C[C@@](CC)([C@@H](OC(C)=O)[C@](O)(COC(C)=O)[C@@H]1N2C)[C@H]43. The average Bonchev–Trinajstić information content (AvgIpc) is 3.89. The maximum atomic E-state index is 15.4. The molecule has 2 N–H and O–H groups in total. The number of aromatic amines is 1. The third-order valence-corrected chi connectivity index (χ3v) is 15.1. The number of benzene rings is 2. The molecule has 1 saturated heterocycles. The quantitative estimate of drug-likeness (QED) is 0.143. The maximum Gasteiger partial charge on any atom is 0.322 e. The second-order valence-electron chi connectivity index (χ2n) is 18.3. The van der Waals surface area contributed by atoms with Gasteiger partial charge in [0.25, 0.3) is 0 Å². The van der Waals surface area contributed by atoms with Crippen LogP contribution in [0.25, 0.3) is 10.9 Å². The summed E-state index contributed by atoms with van der Waals surface area (Å²) in [5.74, 6) is -0.778. The summed E-state index contributed by atoms with van der Waals surface area (Å²) < 4.78 is 24.9. The van der Waals surface area contributed by atoms with Crippen LogP contribution in [-0.4, -0.2) is 115 Å². The third-order valence-electron chi connectivity index (χ3n) is 15.1. The smallest absolute Gasteiger partial charge is 0.322 e. The lowest BCUT2D eigenvalue weighted by atomic mass is 9.47. The van der Waals surface area contributed by atoms with Crippen molar-refractivity contribution >= 4 is 34.5 Å². The van der Waals surface area contributed by atoms with E-state index in [9.17, 15) is 14.7 Å². The number of aliphatic hydroxyl groups is 1. The second kappa shape index (κ2) is 14.8. The van der Waals surface area contributed by atoms with Gasteiger partial charge in [0.1, 0.15) is 23.9 Å². The molecule has 5 aliphatic heterocycles. The third kappa shape index (κ3) is 5.62. The minimum absolute atomic E-state index is 0.0411. The van der Waals surface area contributed by atoms with Crippen LogP contribution in [0.4, 0.5) is 5.69 Å². The summed E-state index contributed by atoms with van der Waals surface area (Å²) in [6.07, 6.45) is 8.98. The molecule has 6 aliphatic rings. The number of likely N-dealkylation sites (N-methyl/N-ethyl adjacent to an activating group) is 1. The van der Waals surface area contributed by atoms with Gasteiger partial charge in [-0.25, -0.2) is 0 Å². The summed E-state index contributed by atoms with van der Waals surface area (Å²) in [5, 5.41) is 14.6. The molecule has 3 aromatic rings. The largest absolute Gasteiger partial charge is 0.493 e. The fourth-order valence-corrected chi connectivity index (χ4v) is 13.2. The lowest BCUT2D eigenvalue weighted by Crippen LogP contribution is -2.80. The number of fused-ring (bicyclic) bond motifs is 6. The van der Waals surface area contributed by atoms with Gasteiger partial charge in [-0.1, -0.05) is 62.8 Å². The zero-order valence-electron chi connectivity index (χ0n) is 36.1. The number of hydrogen-bond donors (Lipinski definition) is 2. The summed E-state index contributed by atoms with van der Waals surface area (Å²) in [7, 11) is 3.46. The van der Waals surface area contributed by atoms with E-state index >= 15 is 4.79 Å². The Morgan fingerprint density at radius 3 is 2.53 bits per heavy atom. The van der Waals surface area contributed by atoms with Crippen LogP contribution in [-0.2, 0) is 46.0 Å². The van der Waals surface area contributed by atoms with Crippen molar-refractivity contribution < 1.29 is 38.4 Å². The molecular formula is C48H60N4O8. The number of aromatic nitrogens is 1. The fourth-order valence-electron chi connectivity index (χ4n) is 13.2. The highest BCUT2D eigenvalue weighted by Gasteiger charge is 2.78. The van der Waals surface area contributed by atoms with Gasteiger partial charge >= 0.3 is 17.9 Å². The summed E-state index contributed by atoms with van der Waals surface area (Å²) in [5.41, 5.74) is 2.06. The van der Waals surface area contributed by atoms with E-state index in [2.05, 4.69) is 89.0 Å². The first-order chi connectivity index (χ1) is 28.8. The number of hydrogen-bond acceptors (Lipinski definition) is 11. The summed E-state index contributed by atoms with van der Waals surface area (Å²) in [6.45, 7) is 12.9. The van der Waals surface area contributed by atoms with E-state index in [0.29, 0.717) is 44.7 Å². The van der Waals surface area contributed by atoms with Gasteiger partial charge in [-0.15, -0.1) is 0 Å². The van der Waals surface area contributed by atoms with Crippen molar-refractivity contribution in [3.63, 3.8) is 0 Å². The van der Waals surface area contributed by atoms with Crippen LogP contribution in [0, 0.1) is 11.3 Å². The monoisotopic (exact) mass is 820 g/mol. The zero-order chi connectivity index (χ0) is 42.4. The Hall–Kier alpha value is -4.65. The van der Waals surface area contributed by atoms with Crippen LogP contribution in [0.5, 0.6) is 5.75 Å². The van der Waals surface area contributed by atoms with Gasteiger partial charge in [0.2, 0.25) is 0 Å². The topological polar surface area (TPSA) is 134 Å². The second-order valence-corrected chi connectivity index (χ2v) is 18.3. The van der Waals surface area contributed by atoms with Crippen molar-refractivity contribution in [2.24, 2.45) is 11.3 Å². The van der Waals surface area contributed by atoms with Crippen LogP contribution < -0.4 is 9.64 Å². The number of carbonyl (C=O) groups excluding carboxylic acids is 3. The van der Waals surface area contributed by atoms with Crippen LogP contribution >= 0.6 is 0 Å². The molecule has 2 fully saturated rings.